The highest BCUT2D eigenvalue weighted by molar-refractivity contribution is 5.44. The van der Waals surface area contributed by atoms with E-state index in [-0.39, 0.29) is 0 Å². The Morgan fingerprint density at radius 3 is 2.43 bits per heavy atom. The molecule has 4 heteroatoms. The van der Waals surface area contributed by atoms with E-state index >= 15 is 0 Å². The predicted molar refractivity (Wildman–Crippen MR) is 94.8 cm³/mol. The Morgan fingerprint density at radius 1 is 0.957 bits per heavy atom. The molecular formula is C19H26N2O2. The van der Waals surface area contributed by atoms with Gasteiger partial charge >= 0.3 is 0 Å². The van der Waals surface area contributed by atoms with E-state index in [2.05, 4.69) is 30.8 Å². The third kappa shape index (κ3) is 5.83. The molecule has 2 aromatic carbocycles. The number of hydrazine groups is 1. The molecule has 0 bridgehead atoms. The van der Waals surface area contributed by atoms with E-state index in [4.69, 9.17) is 9.47 Å². The number of hydrogen-bond acceptors (Lipinski definition) is 4. The number of para-hydroxylation sites is 1. The summed E-state index contributed by atoms with van der Waals surface area (Å²) in [5.74, 6) is 2.09. The number of nitrogens with one attached hydrogen (secondary N) is 2. The van der Waals surface area contributed by atoms with Gasteiger partial charge in [0, 0.05) is 12.2 Å². The average molecular weight is 314 g/mol. The molecule has 0 aliphatic heterocycles. The second-order valence-corrected chi connectivity index (χ2v) is 5.76. The van der Waals surface area contributed by atoms with Crippen molar-refractivity contribution in [3.63, 3.8) is 0 Å². The van der Waals surface area contributed by atoms with Crippen molar-refractivity contribution in [3.05, 3.63) is 54.1 Å². The van der Waals surface area contributed by atoms with Gasteiger partial charge in [0.15, 0.2) is 11.5 Å². The van der Waals surface area contributed by atoms with Gasteiger partial charge in [0.05, 0.1) is 13.2 Å². The summed E-state index contributed by atoms with van der Waals surface area (Å²) in [6.45, 7) is 8.25. The second-order valence-electron chi connectivity index (χ2n) is 5.76. The van der Waals surface area contributed by atoms with Crippen LogP contribution in [0.15, 0.2) is 48.5 Å². The Kier molecular flexibility index (Phi) is 6.76. The monoisotopic (exact) mass is 314 g/mol. The molecule has 0 aliphatic rings. The summed E-state index contributed by atoms with van der Waals surface area (Å²) in [6.07, 6.45) is 0. The van der Waals surface area contributed by atoms with E-state index in [1.165, 1.54) is 0 Å². The lowest BCUT2D eigenvalue weighted by Gasteiger charge is -2.15. The van der Waals surface area contributed by atoms with Gasteiger partial charge in [-0.2, -0.15) is 0 Å². The van der Waals surface area contributed by atoms with Crippen molar-refractivity contribution in [3.8, 4) is 11.5 Å². The fourth-order valence-corrected chi connectivity index (χ4v) is 2.08. The van der Waals surface area contributed by atoms with Gasteiger partial charge in [-0.15, -0.1) is 0 Å². The van der Waals surface area contributed by atoms with Crippen LogP contribution in [-0.2, 0) is 6.54 Å². The van der Waals surface area contributed by atoms with E-state index in [0.717, 1.165) is 22.7 Å². The summed E-state index contributed by atoms with van der Waals surface area (Å²) in [5.41, 5.74) is 8.56. The zero-order chi connectivity index (χ0) is 16.5. The molecule has 124 valence electrons. The average Bonchev–Trinajstić information content (AvgIpc) is 2.55. The predicted octanol–water partition coefficient (Wildman–Crippen LogP) is 4.24. The maximum atomic E-state index is 5.82. The van der Waals surface area contributed by atoms with Crippen molar-refractivity contribution < 1.29 is 9.47 Å². The summed E-state index contributed by atoms with van der Waals surface area (Å²) in [5, 5.41) is 0. The molecule has 0 aliphatic carbocycles. The maximum Gasteiger partial charge on any atom is 0.161 e. The van der Waals surface area contributed by atoms with E-state index in [1.807, 2.05) is 49.4 Å². The smallest absolute Gasteiger partial charge is 0.161 e. The fourth-order valence-electron chi connectivity index (χ4n) is 2.08. The van der Waals surface area contributed by atoms with Gasteiger partial charge in [0.2, 0.25) is 0 Å². The Morgan fingerprint density at radius 2 is 1.74 bits per heavy atom. The lowest BCUT2D eigenvalue weighted by Crippen LogP contribution is -2.20. The Bertz CT molecular complexity index is 585. The number of benzene rings is 2. The Hall–Kier alpha value is -2.20. The first-order valence-electron chi connectivity index (χ1n) is 8.11. The van der Waals surface area contributed by atoms with E-state index in [1.54, 1.807) is 0 Å². The van der Waals surface area contributed by atoms with Gasteiger partial charge < -0.3 is 14.9 Å². The van der Waals surface area contributed by atoms with Crippen LogP contribution in [0.3, 0.4) is 0 Å². The van der Waals surface area contributed by atoms with Crippen LogP contribution in [0.2, 0.25) is 0 Å². The molecule has 0 spiro atoms. The van der Waals surface area contributed by atoms with Crippen LogP contribution in [0.25, 0.3) is 0 Å². The molecule has 4 nitrogen and oxygen atoms in total. The van der Waals surface area contributed by atoms with Crippen LogP contribution in [0.1, 0.15) is 26.3 Å². The highest BCUT2D eigenvalue weighted by atomic mass is 16.5. The minimum absolute atomic E-state index is 0.487. The molecule has 0 heterocycles. The molecule has 2 rings (SSSR count). The molecule has 0 unspecified atom stereocenters. The Labute approximate surface area is 138 Å². The number of hydrogen-bond donors (Lipinski definition) is 2. The normalized spacial score (nSPS) is 10.6. The summed E-state index contributed by atoms with van der Waals surface area (Å²) in [7, 11) is 0. The molecule has 0 aromatic heterocycles. The van der Waals surface area contributed by atoms with Crippen LogP contribution in [-0.4, -0.2) is 13.2 Å². The summed E-state index contributed by atoms with van der Waals surface area (Å²) < 4.78 is 11.5. The van der Waals surface area contributed by atoms with Crippen LogP contribution in [0.4, 0.5) is 5.69 Å². The molecule has 0 saturated heterocycles. The van der Waals surface area contributed by atoms with Gasteiger partial charge in [-0.25, -0.2) is 5.43 Å². The first-order chi connectivity index (χ1) is 11.2. The number of rotatable bonds is 9. The summed E-state index contributed by atoms with van der Waals surface area (Å²) in [4.78, 5) is 0. The first-order valence-corrected chi connectivity index (χ1v) is 8.11. The molecule has 0 amide bonds. The maximum absolute atomic E-state index is 5.82. The van der Waals surface area contributed by atoms with Gasteiger partial charge in [-0.3, -0.25) is 0 Å². The lowest BCUT2D eigenvalue weighted by molar-refractivity contribution is 0.248. The van der Waals surface area contributed by atoms with Crippen molar-refractivity contribution in [1.82, 2.24) is 5.43 Å². The minimum atomic E-state index is 0.487. The van der Waals surface area contributed by atoms with Gasteiger partial charge in [0.1, 0.15) is 0 Å². The van der Waals surface area contributed by atoms with Crippen LogP contribution < -0.4 is 20.3 Å². The zero-order valence-corrected chi connectivity index (χ0v) is 14.1. The summed E-state index contributed by atoms with van der Waals surface area (Å²) >= 11 is 0. The third-order valence-electron chi connectivity index (χ3n) is 3.18. The SMILES string of the molecule is CCOc1cc(CNNc2ccccc2)ccc1OCC(C)C. The third-order valence-corrected chi connectivity index (χ3v) is 3.18. The van der Waals surface area contributed by atoms with Crippen molar-refractivity contribution in [2.45, 2.75) is 27.3 Å². The summed E-state index contributed by atoms with van der Waals surface area (Å²) in [6, 6.07) is 16.1. The largest absolute Gasteiger partial charge is 0.490 e. The topological polar surface area (TPSA) is 42.5 Å². The van der Waals surface area contributed by atoms with E-state index < -0.39 is 0 Å². The zero-order valence-electron chi connectivity index (χ0n) is 14.1. The molecule has 2 aromatic rings. The van der Waals surface area contributed by atoms with E-state index in [9.17, 15) is 0 Å². The fraction of sp³-hybridized carbons (Fsp3) is 0.368. The molecule has 0 radical (unpaired) electrons. The quantitative estimate of drug-likeness (QED) is 0.680. The Balaban J connectivity index is 1.95. The number of anilines is 1. The van der Waals surface area contributed by atoms with Crippen molar-refractivity contribution in [1.29, 1.82) is 0 Å². The minimum Gasteiger partial charge on any atom is -0.490 e. The van der Waals surface area contributed by atoms with E-state index in [0.29, 0.717) is 25.7 Å². The molecular weight excluding hydrogens is 288 g/mol. The molecule has 23 heavy (non-hydrogen) atoms. The van der Waals surface area contributed by atoms with Crippen LogP contribution in [0.5, 0.6) is 11.5 Å². The number of ether oxygens (including phenoxy) is 2. The second kappa shape index (κ2) is 9.06. The molecule has 0 atom stereocenters. The lowest BCUT2D eigenvalue weighted by atomic mass is 10.2. The van der Waals surface area contributed by atoms with Crippen LogP contribution >= 0.6 is 0 Å². The van der Waals surface area contributed by atoms with Crippen molar-refractivity contribution in [2.75, 3.05) is 18.6 Å². The highest BCUT2D eigenvalue weighted by Crippen LogP contribution is 2.29. The van der Waals surface area contributed by atoms with Crippen molar-refractivity contribution in [2.24, 2.45) is 5.92 Å². The highest BCUT2D eigenvalue weighted by Gasteiger charge is 2.07. The standard InChI is InChI=1S/C19H26N2O2/c1-4-22-19-12-16(10-11-18(19)23-14-15(2)3)13-20-21-17-8-6-5-7-9-17/h5-12,15,20-21H,4,13-14H2,1-3H3. The van der Waals surface area contributed by atoms with Crippen molar-refractivity contribution >= 4 is 5.69 Å². The molecule has 2 N–H and O–H groups in total. The first kappa shape index (κ1) is 17.2. The van der Waals surface area contributed by atoms with Crippen LogP contribution in [0, 0.1) is 5.92 Å². The van der Waals surface area contributed by atoms with Gasteiger partial charge in [0.25, 0.3) is 0 Å². The van der Waals surface area contributed by atoms with Gasteiger partial charge in [-0.05, 0) is 42.7 Å². The molecule has 0 saturated carbocycles. The molecule has 0 fully saturated rings. The van der Waals surface area contributed by atoms with Gasteiger partial charge in [-0.1, -0.05) is 38.1 Å².